The van der Waals surface area contributed by atoms with E-state index in [2.05, 4.69) is 243 Å². The summed E-state index contributed by atoms with van der Waals surface area (Å²) in [6, 6.07) is 0. The van der Waals surface area contributed by atoms with Crippen molar-refractivity contribution in [3.63, 3.8) is 0 Å². The quantitative estimate of drug-likeness (QED) is 0.0687. The monoisotopic (exact) mass is 1510 g/mol. The Balaban J connectivity index is 0.856. The van der Waals surface area contributed by atoms with Gasteiger partial charge in [0.25, 0.3) is 0 Å². The molecule has 113 heavy (non-hydrogen) atoms. The van der Waals surface area contributed by atoms with Crippen LogP contribution in [0.5, 0.6) is 0 Å². The van der Waals surface area contributed by atoms with Gasteiger partial charge >= 0.3 is 0 Å². The molecule has 0 unspecified atom stereocenters. The third-order valence-corrected chi connectivity index (χ3v) is 24.4. The fraction of sp³-hybridized carbons (Fsp3) is 0.418. The molecule has 9 aliphatic rings. The summed E-state index contributed by atoms with van der Waals surface area (Å²) in [4.78, 5) is 58.0. The number of H-pyrrole nitrogens is 3. The van der Waals surface area contributed by atoms with E-state index in [1.54, 1.807) is 0 Å². The maximum Gasteiger partial charge on any atom is 0.217 e. The zero-order valence-electron chi connectivity index (χ0n) is 72.3. The Morgan fingerprint density at radius 3 is 0.717 bits per heavy atom. The largest absolute Gasteiger partial charge is 0.477 e. The molecule has 0 saturated heterocycles. The average Bonchev–Trinajstić information content (AvgIpc) is 1.63. The average molecular weight is 1510 g/mol. The molecule has 590 valence electrons. The van der Waals surface area contributed by atoms with E-state index in [1.807, 2.05) is 18.6 Å². The highest BCUT2D eigenvalue weighted by Gasteiger charge is 2.36. The molecule has 0 radical (unpaired) electrons. The van der Waals surface area contributed by atoms with E-state index < -0.39 is 5.41 Å². The first-order valence-corrected chi connectivity index (χ1v) is 41.7. The lowest BCUT2D eigenvalue weighted by Crippen LogP contribution is -2.37. The zero-order valence-corrected chi connectivity index (χ0v) is 72.3. The predicted octanol–water partition coefficient (Wildman–Crippen LogP) is 24.8. The van der Waals surface area contributed by atoms with Crippen LogP contribution in [0.1, 0.15) is 278 Å². The normalized spacial score (nSPS) is 21.4. The van der Waals surface area contributed by atoms with Gasteiger partial charge in [-0.15, -0.1) is 0 Å². The Morgan fingerprint density at radius 2 is 0.487 bits per heavy atom. The number of allylic oxidation sites excluding steroid dienone is 18. The van der Waals surface area contributed by atoms with Gasteiger partial charge in [-0.2, -0.15) is 0 Å². The molecule has 0 saturated carbocycles. The minimum absolute atomic E-state index is 0.216. The van der Waals surface area contributed by atoms with Crippen LogP contribution in [0.15, 0.2) is 215 Å². The van der Waals surface area contributed by atoms with Crippen molar-refractivity contribution < 1.29 is 14.2 Å². The molecule has 3 N–H and O–H groups in total. The van der Waals surface area contributed by atoms with E-state index in [0.717, 1.165) is 230 Å². The second kappa shape index (κ2) is 34.5. The fourth-order valence-electron chi connectivity index (χ4n) is 17.5. The minimum atomic E-state index is -0.767. The van der Waals surface area contributed by atoms with E-state index in [9.17, 15) is 0 Å². The molecular weight excluding hydrogens is 1390 g/mol. The summed E-state index contributed by atoms with van der Waals surface area (Å²) in [5.74, 6) is 1.72. The van der Waals surface area contributed by atoms with Crippen molar-refractivity contribution in [2.24, 2.45) is 50.3 Å². The number of hydrogen-bond donors (Lipinski definition) is 3. The molecular formula is C98H120N12O3. The Kier molecular flexibility index (Phi) is 25.1. The summed E-state index contributed by atoms with van der Waals surface area (Å²) < 4.78 is 21.2. The van der Waals surface area contributed by atoms with Gasteiger partial charge in [-0.25, -0.2) is 30.0 Å². The van der Waals surface area contributed by atoms with Gasteiger partial charge in [0, 0.05) is 69.5 Å². The smallest absolute Gasteiger partial charge is 0.217 e. The maximum absolute atomic E-state index is 7.07. The lowest BCUT2D eigenvalue weighted by Gasteiger charge is -2.29. The number of rotatable bonds is 27. The Morgan fingerprint density at radius 1 is 0.265 bits per heavy atom. The molecule has 15 heteroatoms. The fourth-order valence-corrected chi connectivity index (χ4v) is 17.5. The van der Waals surface area contributed by atoms with Crippen LogP contribution < -0.4 is 0 Å². The number of ether oxygens (including phenoxy) is 3. The molecule has 12 rings (SSSR count). The van der Waals surface area contributed by atoms with Gasteiger partial charge in [0.15, 0.2) is 0 Å². The summed E-state index contributed by atoms with van der Waals surface area (Å²) in [7, 11) is 0. The highest BCUT2D eigenvalue weighted by molar-refractivity contribution is 6.16. The molecule has 0 amide bonds. The van der Waals surface area contributed by atoms with Gasteiger partial charge in [0.2, 0.25) is 17.7 Å². The van der Waals surface area contributed by atoms with Crippen molar-refractivity contribution in [1.82, 2.24) is 15.0 Å². The Bertz CT molecular complexity index is 4910. The van der Waals surface area contributed by atoms with Crippen LogP contribution in [0, 0.1) is 26.2 Å². The Labute approximate surface area is 672 Å². The summed E-state index contributed by atoms with van der Waals surface area (Å²) in [5, 5.41) is 0. The number of nitrogens with zero attached hydrogens (tertiary/aromatic N) is 9. The molecule has 0 aromatic carbocycles. The number of nitrogens with one attached hydrogen (secondary N) is 3. The second-order valence-corrected chi connectivity index (χ2v) is 31.5. The van der Waals surface area contributed by atoms with Crippen LogP contribution in [-0.2, 0) is 33.5 Å². The molecule has 0 aliphatic carbocycles. The van der Waals surface area contributed by atoms with Crippen LogP contribution in [0.3, 0.4) is 0 Å². The van der Waals surface area contributed by atoms with E-state index in [-0.39, 0.29) is 19.8 Å². The van der Waals surface area contributed by atoms with Gasteiger partial charge in [-0.05, 0) is 339 Å². The van der Waals surface area contributed by atoms with Gasteiger partial charge in [0.1, 0.15) is 19.8 Å². The number of hydrogen-bond acceptors (Lipinski definition) is 12. The lowest BCUT2D eigenvalue weighted by molar-refractivity contribution is 0.0353. The van der Waals surface area contributed by atoms with E-state index in [4.69, 9.17) is 59.1 Å². The lowest BCUT2D eigenvalue weighted by atomic mass is 9.94. The summed E-state index contributed by atoms with van der Waals surface area (Å²) in [5.41, 5.74) is 45.6. The molecule has 3 aromatic heterocycles. The number of aromatic amines is 3. The van der Waals surface area contributed by atoms with Crippen molar-refractivity contribution in [3.05, 3.63) is 237 Å². The van der Waals surface area contributed by atoms with E-state index in [1.165, 1.54) is 83.5 Å². The van der Waals surface area contributed by atoms with E-state index in [0.29, 0.717) is 17.7 Å². The third-order valence-electron chi connectivity index (χ3n) is 24.4. The van der Waals surface area contributed by atoms with Crippen LogP contribution in [0.2, 0.25) is 0 Å². The summed E-state index contributed by atoms with van der Waals surface area (Å²) >= 11 is 0. The first kappa shape index (κ1) is 82.1. The molecule has 0 atom stereocenters. The SMILES string of the molecule is CCC1=C(C)C=N/C1=C\c1[nH]c(/C=C2N=C(/C=C3\N=C(OCC(C)(COC4=N/C(=C/C5=NC(=C/c6[nH]c(/C=C7\N=CC(C)=C7CC)c(C)c6CC)/C(CC)=C5C)C(CC)=C4C)COC4=N/C(=C/C5=NC(=C/c6[nH]c(/C=C7\N=CC(C)=C7CC)c(C)c6CC)/C(CC)=C5C)C(CC)=C4C)C(C)=C3CC)C(C)=C\2CC)c(CC)c1C. The highest BCUT2D eigenvalue weighted by Crippen LogP contribution is 2.42. The standard InChI is InChI=1S/C98H120N12O3/c1-26-65-53(13)47-99-83(65)38-77-56(16)68(29-4)86(102-77)44-89-71(32-7)59(19)80(105-89)41-92-74(35-10)62(22)95(108-92)111-50-98(25,51-112-96-63(23)75(36-11)93(109-96)42-81-60(20)72(33-8)90(106-81)45-87-69(30-5)57(17)78(103-87)39-84-66(27-2)54(14)48-100-84)52-113-97-64(24)76(37-12)94(110-97)43-82-61(21)73(34-9)91(107-82)46-88-70(31-6)58(18)79(104-88)40-85-67(28-3)55(15)49-101-85/h38-49,102-104H,26-37,50-52H2,1-25H3/b83-38-,84-39-,85-40-,89-44-,90-45+,91-46+,92-41-,93-42+,94-43+. The van der Waals surface area contributed by atoms with Crippen molar-refractivity contribution in [3.8, 4) is 0 Å². The topological polar surface area (TPSA) is 186 Å². The number of aliphatic imine (C=N–C) groups is 9. The van der Waals surface area contributed by atoms with Gasteiger partial charge < -0.3 is 29.2 Å². The second-order valence-electron chi connectivity index (χ2n) is 31.5. The highest BCUT2D eigenvalue weighted by atomic mass is 16.5. The molecule has 3 aromatic rings. The predicted molar refractivity (Wildman–Crippen MR) is 480 cm³/mol. The van der Waals surface area contributed by atoms with Crippen molar-refractivity contribution in [2.75, 3.05) is 19.8 Å². The van der Waals surface area contributed by atoms with Crippen LogP contribution >= 0.6 is 0 Å². The molecule has 0 bridgehead atoms. The van der Waals surface area contributed by atoms with Gasteiger partial charge in [0.05, 0.1) is 73.8 Å². The van der Waals surface area contributed by atoms with Crippen molar-refractivity contribution in [1.29, 1.82) is 0 Å². The van der Waals surface area contributed by atoms with Crippen LogP contribution in [0.25, 0.3) is 36.5 Å². The van der Waals surface area contributed by atoms with Crippen molar-refractivity contribution in [2.45, 2.75) is 250 Å². The molecule has 9 aliphatic heterocycles. The zero-order chi connectivity index (χ0) is 81.2. The molecule has 15 nitrogen and oxygen atoms in total. The minimum Gasteiger partial charge on any atom is -0.477 e. The van der Waals surface area contributed by atoms with E-state index >= 15 is 0 Å². The van der Waals surface area contributed by atoms with Crippen molar-refractivity contribution >= 4 is 89.9 Å². The number of aromatic nitrogens is 3. The van der Waals surface area contributed by atoms with Gasteiger partial charge in [-0.3, -0.25) is 15.0 Å². The van der Waals surface area contributed by atoms with Crippen LogP contribution in [-0.4, -0.2) is 88.2 Å². The Hall–Kier alpha value is -10.4. The van der Waals surface area contributed by atoms with Gasteiger partial charge in [-0.1, -0.05) is 83.1 Å². The first-order valence-electron chi connectivity index (χ1n) is 41.7. The summed E-state index contributed by atoms with van der Waals surface area (Å²) in [6.45, 7) is 55.3. The van der Waals surface area contributed by atoms with Crippen LogP contribution in [0.4, 0.5) is 0 Å². The maximum atomic E-state index is 7.07. The molecule has 12 heterocycles. The summed E-state index contributed by atoms with van der Waals surface area (Å²) in [6.07, 6.45) is 36.0. The molecule has 0 fully saturated rings. The third kappa shape index (κ3) is 16.0. The first-order chi connectivity index (χ1) is 54.2. The molecule has 0 spiro atoms.